The standard InChI is InChI=1S/C25H19NO2/c27-25(19-11-5-2-6-12-19)22-15-20-17-28-23-14-8-7-13-21(23)24(20)26(22)16-18-9-3-1-4-10-18/h1-15H,16-17H2. The van der Waals surface area contributed by atoms with Crippen LogP contribution in [0.25, 0.3) is 11.3 Å². The van der Waals surface area contributed by atoms with Gasteiger partial charge in [0, 0.05) is 23.2 Å². The molecule has 3 heteroatoms. The van der Waals surface area contributed by atoms with Crippen molar-refractivity contribution in [2.45, 2.75) is 13.2 Å². The highest BCUT2D eigenvalue weighted by molar-refractivity contribution is 6.09. The molecule has 0 bridgehead atoms. The molecule has 0 saturated heterocycles. The fourth-order valence-electron chi connectivity index (χ4n) is 3.83. The molecule has 3 aromatic carbocycles. The van der Waals surface area contributed by atoms with E-state index < -0.39 is 0 Å². The maximum absolute atomic E-state index is 13.3. The first-order chi connectivity index (χ1) is 13.8. The Labute approximate surface area is 163 Å². The zero-order valence-electron chi connectivity index (χ0n) is 15.3. The van der Waals surface area contributed by atoms with E-state index in [4.69, 9.17) is 4.74 Å². The molecule has 0 aliphatic carbocycles. The molecule has 0 saturated carbocycles. The number of ether oxygens (including phenoxy) is 1. The molecule has 2 heterocycles. The van der Waals surface area contributed by atoms with Crippen LogP contribution in [0.15, 0.2) is 91.0 Å². The number of hydrogen-bond acceptors (Lipinski definition) is 2. The molecule has 3 nitrogen and oxygen atoms in total. The van der Waals surface area contributed by atoms with Crippen LogP contribution in [0.3, 0.4) is 0 Å². The smallest absolute Gasteiger partial charge is 0.209 e. The number of hydrogen-bond donors (Lipinski definition) is 0. The molecule has 0 spiro atoms. The summed E-state index contributed by atoms with van der Waals surface area (Å²) in [6, 6.07) is 29.7. The van der Waals surface area contributed by atoms with E-state index in [9.17, 15) is 4.79 Å². The molecule has 1 aliphatic rings. The monoisotopic (exact) mass is 365 g/mol. The van der Waals surface area contributed by atoms with Crippen molar-refractivity contribution < 1.29 is 9.53 Å². The molecular weight excluding hydrogens is 346 g/mol. The van der Waals surface area contributed by atoms with Crippen molar-refractivity contribution in [3.63, 3.8) is 0 Å². The number of carbonyl (C=O) groups excluding carboxylic acids is 1. The predicted octanol–water partition coefficient (Wildman–Crippen LogP) is 5.33. The molecule has 136 valence electrons. The minimum Gasteiger partial charge on any atom is -0.488 e. The summed E-state index contributed by atoms with van der Waals surface area (Å²) in [5.74, 6) is 0.893. The van der Waals surface area contributed by atoms with Crippen LogP contribution in [-0.4, -0.2) is 10.4 Å². The van der Waals surface area contributed by atoms with E-state index in [1.54, 1.807) is 0 Å². The van der Waals surface area contributed by atoms with Crippen LogP contribution in [0.5, 0.6) is 5.75 Å². The Kier molecular flexibility index (Phi) is 4.06. The van der Waals surface area contributed by atoms with Crippen LogP contribution in [0.2, 0.25) is 0 Å². The Morgan fingerprint density at radius 1 is 0.857 bits per heavy atom. The first-order valence-electron chi connectivity index (χ1n) is 9.39. The molecule has 0 unspecified atom stereocenters. The Bertz CT molecular complexity index is 1140. The van der Waals surface area contributed by atoms with Gasteiger partial charge < -0.3 is 9.30 Å². The number of carbonyl (C=O) groups is 1. The second-order valence-corrected chi connectivity index (χ2v) is 6.96. The molecule has 0 radical (unpaired) electrons. The van der Waals surface area contributed by atoms with Crippen molar-refractivity contribution in [3.8, 4) is 17.0 Å². The summed E-state index contributed by atoms with van der Waals surface area (Å²) in [5.41, 5.74) is 5.71. The first kappa shape index (κ1) is 16.6. The maximum Gasteiger partial charge on any atom is 0.209 e. The van der Waals surface area contributed by atoms with Gasteiger partial charge in [0.2, 0.25) is 5.78 Å². The molecule has 1 aromatic heterocycles. The Balaban J connectivity index is 1.70. The molecule has 1 aliphatic heterocycles. The van der Waals surface area contributed by atoms with Crippen LogP contribution < -0.4 is 4.74 Å². The van der Waals surface area contributed by atoms with Gasteiger partial charge in [0.25, 0.3) is 0 Å². The lowest BCUT2D eigenvalue weighted by atomic mass is 10.0. The molecule has 4 aromatic rings. The van der Waals surface area contributed by atoms with Gasteiger partial charge >= 0.3 is 0 Å². The zero-order valence-corrected chi connectivity index (χ0v) is 15.3. The second-order valence-electron chi connectivity index (χ2n) is 6.96. The van der Waals surface area contributed by atoms with Crippen LogP contribution in [0.4, 0.5) is 0 Å². The first-order valence-corrected chi connectivity index (χ1v) is 9.39. The average Bonchev–Trinajstić information content (AvgIpc) is 3.13. The second kappa shape index (κ2) is 6.86. The van der Waals surface area contributed by atoms with E-state index in [1.165, 1.54) is 0 Å². The third-order valence-corrected chi connectivity index (χ3v) is 5.15. The molecule has 0 N–H and O–H groups in total. The SMILES string of the molecule is O=C(c1ccccc1)c1cc2c(n1Cc1ccccc1)-c1ccccc1OC2. The normalized spacial score (nSPS) is 12.0. The summed E-state index contributed by atoms with van der Waals surface area (Å²) < 4.78 is 8.07. The van der Waals surface area contributed by atoms with Crippen molar-refractivity contribution in [1.82, 2.24) is 4.57 Å². The quantitative estimate of drug-likeness (QED) is 0.458. The topological polar surface area (TPSA) is 31.2 Å². The summed E-state index contributed by atoms with van der Waals surface area (Å²) in [7, 11) is 0. The minimum absolute atomic E-state index is 0.0309. The average molecular weight is 365 g/mol. The molecular formula is C25H19NO2. The summed E-state index contributed by atoms with van der Waals surface area (Å²) in [5, 5.41) is 0. The van der Waals surface area contributed by atoms with Gasteiger partial charge in [-0.25, -0.2) is 0 Å². The summed E-state index contributed by atoms with van der Waals surface area (Å²) in [6.45, 7) is 1.11. The van der Waals surface area contributed by atoms with E-state index >= 15 is 0 Å². The van der Waals surface area contributed by atoms with Gasteiger partial charge in [-0.05, 0) is 23.8 Å². The lowest BCUT2D eigenvalue weighted by Crippen LogP contribution is -2.13. The fraction of sp³-hybridized carbons (Fsp3) is 0.0800. The van der Waals surface area contributed by atoms with Crippen molar-refractivity contribution >= 4 is 5.78 Å². The predicted molar refractivity (Wildman–Crippen MR) is 110 cm³/mol. The van der Waals surface area contributed by atoms with E-state index in [-0.39, 0.29) is 5.78 Å². The van der Waals surface area contributed by atoms with Crippen molar-refractivity contribution in [2.24, 2.45) is 0 Å². The van der Waals surface area contributed by atoms with Crippen LogP contribution in [0.1, 0.15) is 27.2 Å². The summed E-state index contributed by atoms with van der Waals surface area (Å²) in [6.07, 6.45) is 0. The highest BCUT2D eigenvalue weighted by atomic mass is 16.5. The number of para-hydroxylation sites is 1. The maximum atomic E-state index is 13.3. The number of rotatable bonds is 4. The van der Waals surface area contributed by atoms with Gasteiger partial charge in [-0.2, -0.15) is 0 Å². The number of nitrogens with zero attached hydrogens (tertiary/aromatic N) is 1. The fourth-order valence-corrected chi connectivity index (χ4v) is 3.83. The van der Waals surface area contributed by atoms with E-state index in [0.29, 0.717) is 24.4 Å². The number of benzene rings is 3. The van der Waals surface area contributed by atoms with Crippen LogP contribution >= 0.6 is 0 Å². The van der Waals surface area contributed by atoms with Gasteiger partial charge in [-0.15, -0.1) is 0 Å². The highest BCUT2D eigenvalue weighted by Crippen LogP contribution is 2.39. The minimum atomic E-state index is 0.0309. The Hall–Kier alpha value is -3.59. The van der Waals surface area contributed by atoms with E-state index in [2.05, 4.69) is 22.8 Å². The summed E-state index contributed by atoms with van der Waals surface area (Å²) >= 11 is 0. The van der Waals surface area contributed by atoms with Crippen LogP contribution in [-0.2, 0) is 13.2 Å². The molecule has 0 fully saturated rings. The van der Waals surface area contributed by atoms with E-state index in [1.807, 2.05) is 72.8 Å². The summed E-state index contributed by atoms with van der Waals surface area (Å²) in [4.78, 5) is 13.3. The van der Waals surface area contributed by atoms with Gasteiger partial charge in [-0.3, -0.25) is 4.79 Å². The van der Waals surface area contributed by atoms with Crippen molar-refractivity contribution in [2.75, 3.05) is 0 Å². The number of ketones is 1. The Morgan fingerprint density at radius 3 is 2.32 bits per heavy atom. The number of fused-ring (bicyclic) bond motifs is 3. The van der Waals surface area contributed by atoms with Crippen molar-refractivity contribution in [3.05, 3.63) is 113 Å². The zero-order chi connectivity index (χ0) is 18.9. The van der Waals surface area contributed by atoms with Crippen molar-refractivity contribution in [1.29, 1.82) is 0 Å². The lowest BCUT2D eigenvalue weighted by Gasteiger charge is -2.21. The molecule has 5 rings (SSSR count). The molecule has 0 amide bonds. The van der Waals surface area contributed by atoms with Gasteiger partial charge in [0.15, 0.2) is 0 Å². The number of aromatic nitrogens is 1. The molecule has 0 atom stereocenters. The highest BCUT2D eigenvalue weighted by Gasteiger charge is 2.26. The molecule has 28 heavy (non-hydrogen) atoms. The van der Waals surface area contributed by atoms with E-state index in [0.717, 1.165) is 28.1 Å². The Morgan fingerprint density at radius 2 is 1.54 bits per heavy atom. The largest absolute Gasteiger partial charge is 0.488 e. The third kappa shape index (κ3) is 2.81. The van der Waals surface area contributed by atoms with Gasteiger partial charge in [0.1, 0.15) is 12.4 Å². The van der Waals surface area contributed by atoms with Gasteiger partial charge in [-0.1, -0.05) is 72.8 Å². The van der Waals surface area contributed by atoms with Crippen LogP contribution in [0, 0.1) is 0 Å². The lowest BCUT2D eigenvalue weighted by molar-refractivity contribution is 0.103. The van der Waals surface area contributed by atoms with Gasteiger partial charge in [0.05, 0.1) is 11.4 Å². The third-order valence-electron chi connectivity index (χ3n) is 5.15.